The van der Waals surface area contributed by atoms with Gasteiger partial charge in [0.15, 0.2) is 12.4 Å². The fraction of sp³-hybridized carbons (Fsp3) is 0.368. The van der Waals surface area contributed by atoms with Gasteiger partial charge in [0.25, 0.3) is 5.91 Å². The number of likely N-dealkylation sites (tertiary alicyclic amines) is 1. The maximum atomic E-state index is 12.7. The summed E-state index contributed by atoms with van der Waals surface area (Å²) >= 11 is 0. The van der Waals surface area contributed by atoms with Crippen LogP contribution in [-0.4, -0.2) is 31.0 Å². The quantitative estimate of drug-likeness (QED) is 0.644. The molecule has 0 bridgehead atoms. The van der Waals surface area contributed by atoms with Crippen molar-refractivity contribution in [1.82, 2.24) is 4.90 Å². The fourth-order valence-electron chi connectivity index (χ4n) is 3.24. The van der Waals surface area contributed by atoms with Gasteiger partial charge in [0.1, 0.15) is 11.3 Å². The monoisotopic (exact) mass is 326 g/mol. The van der Waals surface area contributed by atoms with E-state index in [0.29, 0.717) is 22.8 Å². The summed E-state index contributed by atoms with van der Waals surface area (Å²) in [6, 6.07) is 11.4. The van der Waals surface area contributed by atoms with Crippen molar-refractivity contribution in [2.45, 2.75) is 25.2 Å². The number of hydrogen-bond acceptors (Lipinski definition) is 3. The number of amides is 1. The van der Waals surface area contributed by atoms with E-state index < -0.39 is 0 Å². The molecule has 2 heterocycles. The summed E-state index contributed by atoms with van der Waals surface area (Å²) in [6.07, 6.45) is 5.88. The van der Waals surface area contributed by atoms with Gasteiger partial charge in [0, 0.05) is 25.1 Å². The van der Waals surface area contributed by atoms with Crippen LogP contribution < -0.4 is 9.47 Å². The van der Waals surface area contributed by atoms with Crippen molar-refractivity contribution in [3.8, 4) is 5.75 Å². The van der Waals surface area contributed by atoms with Gasteiger partial charge in [0.2, 0.25) is 0 Å². The lowest BCUT2D eigenvalue weighted by molar-refractivity contribution is -0.605. The van der Waals surface area contributed by atoms with Gasteiger partial charge < -0.3 is 14.8 Å². The molecule has 1 fully saturated rings. The summed E-state index contributed by atoms with van der Waals surface area (Å²) in [5.41, 5.74) is 1.67. The Hall–Kier alpha value is -2.56. The predicted octanol–water partition coefficient (Wildman–Crippen LogP) is 2.74. The first-order valence-corrected chi connectivity index (χ1v) is 8.29. The molecule has 5 heteroatoms. The molecule has 0 N–H and O–H groups in total. The van der Waals surface area contributed by atoms with Crippen LogP contribution in [0.1, 0.15) is 41.1 Å². The normalized spacial score (nSPS) is 18.0. The smallest absolute Gasteiger partial charge is 0.259 e. The largest absolute Gasteiger partial charge is 0.619 e. The number of aromatic nitrogens is 1. The fourth-order valence-corrected chi connectivity index (χ4v) is 3.24. The molecule has 1 aromatic heterocycles. The van der Waals surface area contributed by atoms with Crippen molar-refractivity contribution in [3.63, 3.8) is 0 Å². The second-order valence-electron chi connectivity index (χ2n) is 6.17. The van der Waals surface area contributed by atoms with E-state index in [0.717, 1.165) is 31.6 Å². The van der Waals surface area contributed by atoms with Gasteiger partial charge in [-0.05, 0) is 36.6 Å². The van der Waals surface area contributed by atoms with E-state index in [1.165, 1.54) is 18.0 Å². The predicted molar refractivity (Wildman–Crippen MR) is 90.9 cm³/mol. The van der Waals surface area contributed by atoms with Crippen LogP contribution in [0.15, 0.2) is 48.8 Å². The van der Waals surface area contributed by atoms with Crippen LogP contribution in [0.5, 0.6) is 5.75 Å². The standard InChI is InChI=1S/C19H22N2O3/c1-24-18-9-7-15(8-10-18)16-5-2-3-11-20(13-16)19(22)17-6-4-12-21(23)14-17/h4,6-10,12,14,16H,2-3,5,11,13H2,1H3/t16-/m0/s1. The lowest BCUT2D eigenvalue weighted by Crippen LogP contribution is -2.36. The third-order valence-corrected chi connectivity index (χ3v) is 4.57. The third-order valence-electron chi connectivity index (χ3n) is 4.57. The number of benzene rings is 1. The summed E-state index contributed by atoms with van der Waals surface area (Å²) in [4.78, 5) is 14.6. The Morgan fingerprint density at radius 3 is 2.75 bits per heavy atom. The lowest BCUT2D eigenvalue weighted by atomic mass is 9.94. The number of rotatable bonds is 3. The average Bonchev–Trinajstić information content (AvgIpc) is 2.87. The number of ether oxygens (including phenoxy) is 1. The lowest BCUT2D eigenvalue weighted by Gasteiger charge is -2.24. The molecule has 1 amide bonds. The van der Waals surface area contributed by atoms with Crippen LogP contribution in [0.25, 0.3) is 0 Å². The highest BCUT2D eigenvalue weighted by Gasteiger charge is 2.25. The minimum atomic E-state index is -0.0689. The van der Waals surface area contributed by atoms with Crippen LogP contribution in [-0.2, 0) is 0 Å². The van der Waals surface area contributed by atoms with Crippen LogP contribution >= 0.6 is 0 Å². The van der Waals surface area contributed by atoms with Crippen LogP contribution in [0.4, 0.5) is 0 Å². The Balaban J connectivity index is 1.77. The minimum absolute atomic E-state index is 0.0689. The molecular weight excluding hydrogens is 304 g/mol. The Morgan fingerprint density at radius 2 is 2.04 bits per heavy atom. The van der Waals surface area contributed by atoms with Crippen molar-refractivity contribution in [2.24, 2.45) is 0 Å². The molecule has 1 aliphatic heterocycles. The number of hydrogen-bond donors (Lipinski definition) is 0. The highest BCUT2D eigenvalue weighted by Crippen LogP contribution is 2.28. The zero-order valence-electron chi connectivity index (χ0n) is 13.9. The number of carbonyl (C=O) groups excluding carboxylic acids is 1. The van der Waals surface area contributed by atoms with Crippen molar-refractivity contribution in [1.29, 1.82) is 0 Å². The van der Waals surface area contributed by atoms with Gasteiger partial charge in [-0.25, -0.2) is 0 Å². The molecule has 24 heavy (non-hydrogen) atoms. The van der Waals surface area contributed by atoms with Crippen molar-refractivity contribution < 1.29 is 14.3 Å². The molecule has 3 rings (SSSR count). The first-order chi connectivity index (χ1) is 11.7. The van der Waals surface area contributed by atoms with Gasteiger partial charge in [-0.2, -0.15) is 4.73 Å². The molecule has 0 spiro atoms. The summed E-state index contributed by atoms with van der Waals surface area (Å²) in [5.74, 6) is 1.08. The van der Waals surface area contributed by atoms with Gasteiger partial charge >= 0.3 is 0 Å². The maximum Gasteiger partial charge on any atom is 0.259 e. The molecule has 1 saturated heterocycles. The summed E-state index contributed by atoms with van der Waals surface area (Å²) in [6.45, 7) is 1.41. The topological polar surface area (TPSA) is 56.5 Å². The first-order valence-electron chi connectivity index (χ1n) is 8.29. The van der Waals surface area contributed by atoms with Crippen LogP contribution in [0, 0.1) is 5.21 Å². The molecule has 0 unspecified atom stereocenters. The molecule has 126 valence electrons. The van der Waals surface area contributed by atoms with E-state index in [1.807, 2.05) is 17.0 Å². The SMILES string of the molecule is COc1ccc([C@H]2CCCCN(C(=O)c3ccc[n+]([O-])c3)C2)cc1. The Kier molecular flexibility index (Phi) is 4.99. The van der Waals surface area contributed by atoms with E-state index in [2.05, 4.69) is 12.1 Å². The van der Waals surface area contributed by atoms with E-state index >= 15 is 0 Å². The number of pyridine rings is 1. The maximum absolute atomic E-state index is 12.7. The van der Waals surface area contributed by atoms with Gasteiger partial charge in [0.05, 0.1) is 7.11 Å². The molecule has 1 aliphatic rings. The number of methoxy groups -OCH3 is 1. The Morgan fingerprint density at radius 1 is 1.25 bits per heavy atom. The zero-order chi connectivity index (χ0) is 16.9. The Bertz CT molecular complexity index is 700. The second-order valence-corrected chi connectivity index (χ2v) is 6.17. The molecule has 1 atom stereocenters. The average molecular weight is 326 g/mol. The molecule has 0 aliphatic carbocycles. The minimum Gasteiger partial charge on any atom is -0.619 e. The highest BCUT2D eigenvalue weighted by atomic mass is 16.5. The second kappa shape index (κ2) is 7.34. The van der Waals surface area contributed by atoms with E-state index in [1.54, 1.807) is 19.2 Å². The van der Waals surface area contributed by atoms with Crippen molar-refractivity contribution >= 4 is 5.91 Å². The van der Waals surface area contributed by atoms with E-state index in [-0.39, 0.29) is 5.91 Å². The zero-order valence-corrected chi connectivity index (χ0v) is 13.9. The molecule has 0 saturated carbocycles. The van der Waals surface area contributed by atoms with Crippen LogP contribution in [0.3, 0.4) is 0 Å². The summed E-state index contributed by atoms with van der Waals surface area (Å²) in [7, 11) is 1.66. The molecule has 5 nitrogen and oxygen atoms in total. The van der Waals surface area contributed by atoms with Gasteiger partial charge in [-0.15, -0.1) is 0 Å². The molecular formula is C19H22N2O3. The molecule has 1 aromatic carbocycles. The van der Waals surface area contributed by atoms with Crippen molar-refractivity contribution in [3.05, 3.63) is 65.1 Å². The Labute approximate surface area is 142 Å². The van der Waals surface area contributed by atoms with E-state index in [9.17, 15) is 10.0 Å². The highest BCUT2D eigenvalue weighted by molar-refractivity contribution is 5.93. The first kappa shape index (κ1) is 16.3. The van der Waals surface area contributed by atoms with Crippen LogP contribution in [0.2, 0.25) is 0 Å². The van der Waals surface area contributed by atoms with Gasteiger partial charge in [-0.3, -0.25) is 4.79 Å². The summed E-state index contributed by atoms with van der Waals surface area (Å²) < 4.78 is 5.89. The van der Waals surface area contributed by atoms with E-state index in [4.69, 9.17) is 4.74 Å². The summed E-state index contributed by atoms with van der Waals surface area (Å²) in [5, 5.41) is 11.4. The third kappa shape index (κ3) is 3.67. The molecule has 2 aromatic rings. The number of nitrogens with zero attached hydrogens (tertiary/aromatic N) is 2. The van der Waals surface area contributed by atoms with Gasteiger partial charge in [-0.1, -0.05) is 18.6 Å². The molecule has 0 radical (unpaired) electrons. The van der Waals surface area contributed by atoms with Crippen molar-refractivity contribution in [2.75, 3.05) is 20.2 Å². The number of carbonyl (C=O) groups is 1.